The molecule has 3 heterocycles. The van der Waals surface area contributed by atoms with Crippen LogP contribution < -0.4 is 27.0 Å². The summed E-state index contributed by atoms with van der Waals surface area (Å²) in [5, 5.41) is 35.0. The van der Waals surface area contributed by atoms with Gasteiger partial charge in [-0.2, -0.15) is 0 Å². The number of rotatable bonds is 9. The Kier molecular flexibility index (Phi) is 8.96. The average molecular weight is 472 g/mol. The fourth-order valence-electron chi connectivity index (χ4n) is 5.90. The lowest BCUT2D eigenvalue weighted by Gasteiger charge is -2.38. The van der Waals surface area contributed by atoms with Crippen molar-refractivity contribution in [2.24, 2.45) is 11.7 Å². The van der Waals surface area contributed by atoms with Crippen molar-refractivity contribution in [2.45, 2.75) is 87.7 Å². The Morgan fingerprint density at radius 2 is 2.06 bits per heavy atom. The number of ether oxygens (including phenoxy) is 2. The van der Waals surface area contributed by atoms with Crippen LogP contribution in [-0.4, -0.2) is 122 Å². The van der Waals surface area contributed by atoms with Gasteiger partial charge in [0.2, 0.25) is 0 Å². The third-order valence-corrected chi connectivity index (χ3v) is 8.07. The Balaban J connectivity index is 1.21. The highest BCUT2D eigenvalue weighted by Crippen LogP contribution is 2.29. The number of nitrogens with one attached hydrogen (secondary N) is 4. The van der Waals surface area contributed by atoms with E-state index >= 15 is 0 Å². The molecule has 192 valence electrons. The maximum atomic E-state index is 10.7. The largest absolute Gasteiger partial charge is 0.387 e. The summed E-state index contributed by atoms with van der Waals surface area (Å²) in [6.07, 6.45) is 2.08. The van der Waals surface area contributed by atoms with Crippen LogP contribution in [-0.2, 0) is 9.47 Å². The van der Waals surface area contributed by atoms with E-state index in [1.54, 1.807) is 0 Å². The van der Waals surface area contributed by atoms with Crippen LogP contribution in [0.2, 0.25) is 0 Å². The molecule has 1 saturated carbocycles. The summed E-state index contributed by atoms with van der Waals surface area (Å²) < 4.78 is 11.8. The van der Waals surface area contributed by atoms with E-state index in [1.807, 2.05) is 19.1 Å². The van der Waals surface area contributed by atoms with Crippen molar-refractivity contribution < 1.29 is 19.7 Å². The van der Waals surface area contributed by atoms with Crippen LogP contribution >= 0.6 is 0 Å². The molecule has 0 aromatic carbocycles. The third-order valence-electron chi connectivity index (χ3n) is 8.07. The van der Waals surface area contributed by atoms with Crippen molar-refractivity contribution in [1.29, 1.82) is 0 Å². The summed E-state index contributed by atoms with van der Waals surface area (Å²) in [4.78, 5) is 4.19. The molecule has 0 radical (unpaired) electrons. The highest BCUT2D eigenvalue weighted by molar-refractivity contribution is 5.01. The van der Waals surface area contributed by atoms with Crippen molar-refractivity contribution in [3.63, 3.8) is 0 Å². The van der Waals surface area contributed by atoms with Gasteiger partial charge in [-0.25, -0.2) is 4.90 Å². The molecule has 0 spiro atoms. The van der Waals surface area contributed by atoms with Gasteiger partial charge in [0.15, 0.2) is 0 Å². The third kappa shape index (κ3) is 5.87. The molecule has 0 aromatic rings. The van der Waals surface area contributed by atoms with Gasteiger partial charge in [-0.3, -0.25) is 16.0 Å². The molecule has 4 rings (SSSR count). The lowest BCUT2D eigenvalue weighted by atomic mass is 9.83. The lowest BCUT2D eigenvalue weighted by molar-refractivity contribution is -0.106. The lowest BCUT2D eigenvalue weighted by Crippen LogP contribution is -2.68. The molecule has 11 heteroatoms. The monoisotopic (exact) mass is 471 g/mol. The predicted molar refractivity (Wildman–Crippen MR) is 125 cm³/mol. The van der Waals surface area contributed by atoms with Crippen LogP contribution in [0.15, 0.2) is 0 Å². The van der Waals surface area contributed by atoms with E-state index in [9.17, 15) is 10.2 Å². The number of likely N-dealkylation sites (N-methyl/N-ethyl adjacent to an activating group) is 1. The molecule has 3 aliphatic heterocycles. The summed E-state index contributed by atoms with van der Waals surface area (Å²) in [7, 11) is 3.85. The fraction of sp³-hybridized carbons (Fsp3) is 1.00. The highest BCUT2D eigenvalue weighted by atomic mass is 16.6. The van der Waals surface area contributed by atoms with Crippen LogP contribution in [0, 0.1) is 5.92 Å². The second kappa shape index (κ2) is 11.5. The van der Waals surface area contributed by atoms with Gasteiger partial charge in [0.05, 0.1) is 31.1 Å². The minimum absolute atomic E-state index is 0.0183. The molecule has 10 atom stereocenters. The first-order valence-electron chi connectivity index (χ1n) is 12.6. The Bertz CT molecular complexity index is 619. The number of fused-ring (bicyclic) bond motifs is 1. The first-order valence-corrected chi connectivity index (χ1v) is 12.6. The Morgan fingerprint density at radius 1 is 1.24 bits per heavy atom. The topological polar surface area (TPSA) is 140 Å². The molecule has 0 aromatic heterocycles. The molecule has 4 fully saturated rings. The number of nitrogens with zero attached hydrogens (tertiary/aromatic N) is 2. The quantitative estimate of drug-likeness (QED) is 0.193. The molecule has 3 saturated heterocycles. The second-order valence-electron chi connectivity index (χ2n) is 10.3. The number of aliphatic hydroxyl groups excluding tert-OH is 2. The minimum atomic E-state index is -0.963. The number of methoxy groups -OCH3 is 1. The molecule has 1 aliphatic carbocycles. The number of hydrogen-bond acceptors (Lipinski definition) is 11. The van der Waals surface area contributed by atoms with E-state index in [0.717, 1.165) is 19.5 Å². The van der Waals surface area contributed by atoms with Gasteiger partial charge in [-0.05, 0) is 39.2 Å². The molecule has 33 heavy (non-hydrogen) atoms. The van der Waals surface area contributed by atoms with E-state index in [4.69, 9.17) is 15.2 Å². The van der Waals surface area contributed by atoms with E-state index in [-0.39, 0.29) is 18.4 Å². The molecular weight excluding hydrogens is 426 g/mol. The van der Waals surface area contributed by atoms with Crippen LogP contribution in [0.4, 0.5) is 0 Å². The summed E-state index contributed by atoms with van der Waals surface area (Å²) in [6, 6.07) is 0.472. The van der Waals surface area contributed by atoms with Gasteiger partial charge < -0.3 is 35.6 Å². The van der Waals surface area contributed by atoms with E-state index < -0.39 is 24.5 Å². The molecule has 8 N–H and O–H groups in total. The second-order valence-corrected chi connectivity index (χ2v) is 10.3. The summed E-state index contributed by atoms with van der Waals surface area (Å²) in [5.41, 5.74) is 6.15. The zero-order chi connectivity index (χ0) is 23.5. The van der Waals surface area contributed by atoms with Gasteiger partial charge in [0.25, 0.3) is 0 Å². The molecule has 0 bridgehead atoms. The van der Waals surface area contributed by atoms with E-state index in [0.29, 0.717) is 37.9 Å². The van der Waals surface area contributed by atoms with Crippen molar-refractivity contribution >= 4 is 0 Å². The SMILES string of the molecule is COC1CCCC([C@H](C)NCCN(C)C[C@H]2O[C@@H](N3CNC4C(N)NCNC43)[C@H](O)[C@@H]2O)C1. The van der Waals surface area contributed by atoms with Crippen LogP contribution in [0.1, 0.15) is 32.6 Å². The standard InChI is InChI=1S/C22H45N7O4/c1-13(14-5-4-6-15(9-14)32-3)24-7-8-28(2)10-16-18(30)19(31)22(33-16)29-12-27-17-20(23)25-11-26-21(17)29/h13-22,24-27,30-31H,4-12,23H2,1-3H3/t13-,14?,15?,16+,17?,18+,19+,20?,21?,22+/m0/s1. The molecule has 0 amide bonds. The molecule has 5 unspecified atom stereocenters. The summed E-state index contributed by atoms with van der Waals surface area (Å²) in [6.45, 7) is 5.68. The zero-order valence-corrected chi connectivity index (χ0v) is 20.3. The average Bonchev–Trinajstić information content (AvgIpc) is 3.36. The highest BCUT2D eigenvalue weighted by Gasteiger charge is 2.51. The number of hydrogen-bond donors (Lipinski definition) is 7. The zero-order valence-electron chi connectivity index (χ0n) is 20.3. The normalized spacial score (nSPS) is 43.2. The number of nitrogens with two attached hydrogens (primary N) is 1. The van der Waals surface area contributed by atoms with E-state index in [1.165, 1.54) is 19.3 Å². The minimum Gasteiger partial charge on any atom is -0.387 e. The molecule has 11 nitrogen and oxygen atoms in total. The van der Waals surface area contributed by atoms with Gasteiger partial charge in [0, 0.05) is 39.5 Å². The smallest absolute Gasteiger partial charge is 0.142 e. The Morgan fingerprint density at radius 3 is 2.85 bits per heavy atom. The maximum absolute atomic E-state index is 10.7. The van der Waals surface area contributed by atoms with Gasteiger partial charge in [-0.15, -0.1) is 0 Å². The first-order chi connectivity index (χ1) is 15.9. The van der Waals surface area contributed by atoms with Crippen LogP contribution in [0.3, 0.4) is 0 Å². The van der Waals surface area contributed by atoms with Crippen molar-refractivity contribution in [3.05, 3.63) is 0 Å². The number of aliphatic hydroxyl groups is 2. The van der Waals surface area contributed by atoms with Crippen molar-refractivity contribution in [1.82, 2.24) is 31.1 Å². The Labute approximate surface area is 197 Å². The Hall–Kier alpha value is -0.440. The summed E-state index contributed by atoms with van der Waals surface area (Å²) in [5.74, 6) is 0.652. The van der Waals surface area contributed by atoms with Crippen LogP contribution in [0.5, 0.6) is 0 Å². The summed E-state index contributed by atoms with van der Waals surface area (Å²) >= 11 is 0. The van der Waals surface area contributed by atoms with Gasteiger partial charge in [0.1, 0.15) is 24.5 Å². The van der Waals surface area contributed by atoms with Gasteiger partial charge in [-0.1, -0.05) is 6.42 Å². The fourth-order valence-corrected chi connectivity index (χ4v) is 5.90. The molecular formula is C22H45N7O4. The van der Waals surface area contributed by atoms with E-state index in [2.05, 4.69) is 33.1 Å². The van der Waals surface area contributed by atoms with Crippen molar-refractivity contribution in [2.75, 3.05) is 47.1 Å². The maximum Gasteiger partial charge on any atom is 0.142 e. The van der Waals surface area contributed by atoms with Crippen molar-refractivity contribution in [3.8, 4) is 0 Å². The first kappa shape index (κ1) is 25.6. The van der Waals surface area contributed by atoms with Crippen LogP contribution in [0.25, 0.3) is 0 Å². The predicted octanol–water partition coefficient (Wildman–Crippen LogP) is -2.46. The molecule has 4 aliphatic rings. The van der Waals surface area contributed by atoms with Gasteiger partial charge >= 0.3 is 0 Å².